The highest BCUT2D eigenvalue weighted by atomic mass is 19.3. The van der Waals surface area contributed by atoms with Crippen LogP contribution in [0.4, 0.5) is 13.2 Å². The predicted molar refractivity (Wildman–Crippen MR) is 75.5 cm³/mol. The van der Waals surface area contributed by atoms with E-state index in [0.29, 0.717) is 25.9 Å². The lowest BCUT2D eigenvalue weighted by Gasteiger charge is -2.12. The third kappa shape index (κ3) is 3.65. The van der Waals surface area contributed by atoms with Crippen molar-refractivity contribution in [2.75, 3.05) is 13.1 Å². The van der Waals surface area contributed by atoms with Gasteiger partial charge >= 0.3 is 0 Å². The zero-order valence-corrected chi connectivity index (χ0v) is 13.3. The number of halogens is 3. The molecule has 1 saturated carbocycles. The Hall–Kier alpha value is -0.250. The highest BCUT2D eigenvalue weighted by molar-refractivity contribution is 5.18. The van der Waals surface area contributed by atoms with Crippen molar-refractivity contribution in [1.29, 1.82) is 0 Å². The average Bonchev–Trinajstić information content (AvgIpc) is 2.69. The minimum atomic E-state index is -2.46. The lowest BCUT2D eigenvalue weighted by molar-refractivity contribution is 0.0648. The molecule has 0 N–H and O–H groups in total. The Bertz CT molecular complexity index is 242. The van der Waals surface area contributed by atoms with Crippen LogP contribution in [0.2, 0.25) is 0 Å². The molecule has 0 aromatic rings. The molecule has 2 heterocycles. The van der Waals surface area contributed by atoms with E-state index < -0.39 is 17.5 Å². The zero-order valence-electron chi connectivity index (χ0n) is 13.3. The third-order valence-electron chi connectivity index (χ3n) is 3.82. The molecule has 4 heteroatoms. The van der Waals surface area contributed by atoms with Gasteiger partial charge in [0.2, 0.25) is 0 Å². The summed E-state index contributed by atoms with van der Waals surface area (Å²) in [6, 6.07) is 0.100. The molecule has 1 nitrogen and oxygen atoms in total. The lowest BCUT2D eigenvalue weighted by atomic mass is 10.00. The molecule has 1 aliphatic carbocycles. The number of nitrogens with zero attached hydrogens (tertiary/aromatic N) is 1. The monoisotopic (exact) mass is 281 g/mol. The van der Waals surface area contributed by atoms with Gasteiger partial charge in [-0.2, -0.15) is 0 Å². The molecule has 0 bridgehead atoms. The number of rotatable bonds is 0. The molecule has 0 aromatic heterocycles. The maximum absolute atomic E-state index is 13.0. The van der Waals surface area contributed by atoms with E-state index in [2.05, 4.69) is 0 Å². The molecule has 3 aliphatic rings. The van der Waals surface area contributed by atoms with Gasteiger partial charge in [-0.1, -0.05) is 41.5 Å². The summed E-state index contributed by atoms with van der Waals surface area (Å²) < 4.78 is 38.8. The normalized spacial score (nSPS) is 37.1. The number of alkyl halides is 3. The molecule has 0 radical (unpaired) electrons. The number of hydrogen-bond acceptors (Lipinski definition) is 1. The number of fused-ring (bicyclic) bond motifs is 1. The molecule has 3 atom stereocenters. The van der Waals surface area contributed by atoms with E-state index in [0.717, 1.165) is 0 Å². The van der Waals surface area contributed by atoms with Gasteiger partial charge in [-0.15, -0.1) is 0 Å². The first-order valence-corrected chi connectivity index (χ1v) is 7.78. The molecule has 2 aliphatic heterocycles. The van der Waals surface area contributed by atoms with Gasteiger partial charge in [0, 0.05) is 25.6 Å². The lowest BCUT2D eigenvalue weighted by Crippen LogP contribution is -2.25. The Labute approximate surface area is 116 Å². The Morgan fingerprint density at radius 3 is 1.84 bits per heavy atom. The fourth-order valence-electron chi connectivity index (χ4n) is 3.01. The molecular weight excluding hydrogens is 251 g/mol. The van der Waals surface area contributed by atoms with Crippen LogP contribution in [0.3, 0.4) is 0 Å². The Kier molecular flexibility index (Phi) is 7.41. The van der Waals surface area contributed by atoms with E-state index in [1.54, 1.807) is 0 Å². The van der Waals surface area contributed by atoms with Crippen molar-refractivity contribution in [1.82, 2.24) is 4.90 Å². The van der Waals surface area contributed by atoms with Gasteiger partial charge in [-0.3, -0.25) is 4.90 Å². The summed E-state index contributed by atoms with van der Waals surface area (Å²) in [4.78, 5) is 1.91. The molecule has 3 fully saturated rings. The van der Waals surface area contributed by atoms with Crippen molar-refractivity contribution in [3.63, 3.8) is 0 Å². The summed E-state index contributed by atoms with van der Waals surface area (Å²) in [7, 11) is 0. The Balaban J connectivity index is 0.000000482. The van der Waals surface area contributed by atoms with Gasteiger partial charge in [-0.05, 0) is 12.8 Å². The van der Waals surface area contributed by atoms with Crippen molar-refractivity contribution in [3.8, 4) is 0 Å². The molecule has 3 unspecified atom stereocenters. The average molecular weight is 281 g/mol. The predicted octanol–water partition coefficient (Wildman–Crippen LogP) is 4.91. The maximum atomic E-state index is 13.0. The van der Waals surface area contributed by atoms with Gasteiger partial charge in [-0.25, -0.2) is 13.2 Å². The zero-order chi connectivity index (χ0) is 15.3. The topological polar surface area (TPSA) is 3.24 Å². The fourth-order valence-corrected chi connectivity index (χ4v) is 3.01. The summed E-state index contributed by atoms with van der Waals surface area (Å²) >= 11 is 0. The first-order chi connectivity index (χ1) is 9.02. The maximum Gasteiger partial charge on any atom is 0.255 e. The summed E-state index contributed by atoms with van der Waals surface area (Å²) in [5, 5.41) is 0. The van der Waals surface area contributed by atoms with Gasteiger partial charge in [0.05, 0.1) is 5.41 Å². The highest BCUT2D eigenvalue weighted by Gasteiger charge is 2.74. The van der Waals surface area contributed by atoms with Crippen molar-refractivity contribution in [2.24, 2.45) is 5.41 Å². The van der Waals surface area contributed by atoms with Gasteiger partial charge in [0.25, 0.3) is 5.92 Å². The minimum absolute atomic E-state index is 0.0317. The minimum Gasteiger partial charge on any atom is -0.297 e. The summed E-state index contributed by atoms with van der Waals surface area (Å²) in [5.41, 5.74) is -0.752. The molecule has 19 heavy (non-hydrogen) atoms. The summed E-state index contributed by atoms with van der Waals surface area (Å²) in [6.45, 7) is 12.8. The SMILES string of the molecule is CC.CC.CC.FC1CC2CC3(CN2C1)CC3(F)F. The molecule has 1 spiro atoms. The quantitative estimate of drug-likeness (QED) is 0.610. The molecule has 3 rings (SSSR count). The Morgan fingerprint density at radius 1 is 1.00 bits per heavy atom. The van der Waals surface area contributed by atoms with Crippen LogP contribution in [0.15, 0.2) is 0 Å². The summed E-state index contributed by atoms with van der Waals surface area (Å²) in [5.74, 6) is -2.46. The van der Waals surface area contributed by atoms with Gasteiger partial charge in [0.1, 0.15) is 6.17 Å². The van der Waals surface area contributed by atoms with E-state index in [1.807, 2.05) is 46.4 Å². The summed E-state index contributed by atoms with van der Waals surface area (Å²) in [6.07, 6.45) is 0.233. The first kappa shape index (κ1) is 18.8. The van der Waals surface area contributed by atoms with Crippen molar-refractivity contribution >= 4 is 0 Å². The van der Waals surface area contributed by atoms with Crippen LogP contribution in [0, 0.1) is 5.41 Å². The molecule has 2 saturated heterocycles. The second-order valence-corrected chi connectivity index (χ2v) is 4.78. The standard InChI is InChI=1S/C9H12F3N.3C2H6/c10-6-1-7-2-8(4-9(8,11)12)5-13(7)3-6;3*1-2/h6-7H,1-5H2;3*1-2H3. The van der Waals surface area contributed by atoms with E-state index in [1.165, 1.54) is 0 Å². The second kappa shape index (κ2) is 7.51. The Morgan fingerprint density at radius 2 is 1.47 bits per heavy atom. The van der Waals surface area contributed by atoms with E-state index in [4.69, 9.17) is 0 Å². The molecule has 0 amide bonds. The number of hydrogen-bond donors (Lipinski definition) is 0. The van der Waals surface area contributed by atoms with Crippen LogP contribution < -0.4 is 0 Å². The van der Waals surface area contributed by atoms with Crippen molar-refractivity contribution in [2.45, 2.75) is 78.9 Å². The van der Waals surface area contributed by atoms with Crippen LogP contribution >= 0.6 is 0 Å². The van der Waals surface area contributed by atoms with Gasteiger partial charge < -0.3 is 0 Å². The third-order valence-corrected chi connectivity index (χ3v) is 3.82. The highest BCUT2D eigenvalue weighted by Crippen LogP contribution is 2.67. The van der Waals surface area contributed by atoms with Crippen LogP contribution in [0.5, 0.6) is 0 Å². The van der Waals surface area contributed by atoms with Crippen LogP contribution in [0.25, 0.3) is 0 Å². The van der Waals surface area contributed by atoms with Gasteiger partial charge in [0.15, 0.2) is 0 Å². The van der Waals surface area contributed by atoms with E-state index >= 15 is 0 Å². The van der Waals surface area contributed by atoms with Crippen LogP contribution in [-0.4, -0.2) is 36.1 Å². The van der Waals surface area contributed by atoms with Crippen LogP contribution in [0.1, 0.15) is 60.8 Å². The van der Waals surface area contributed by atoms with E-state index in [-0.39, 0.29) is 12.5 Å². The fraction of sp³-hybridized carbons (Fsp3) is 1.00. The van der Waals surface area contributed by atoms with Crippen molar-refractivity contribution in [3.05, 3.63) is 0 Å². The largest absolute Gasteiger partial charge is 0.297 e. The van der Waals surface area contributed by atoms with E-state index in [9.17, 15) is 13.2 Å². The second-order valence-electron chi connectivity index (χ2n) is 4.78. The first-order valence-electron chi connectivity index (χ1n) is 7.78. The molecular formula is C15H30F3N. The smallest absolute Gasteiger partial charge is 0.255 e. The van der Waals surface area contributed by atoms with Crippen molar-refractivity contribution < 1.29 is 13.2 Å². The molecule has 116 valence electrons. The molecule has 0 aromatic carbocycles. The van der Waals surface area contributed by atoms with Crippen LogP contribution in [-0.2, 0) is 0 Å².